The van der Waals surface area contributed by atoms with Crippen LogP contribution >= 0.6 is 11.3 Å². The largest absolute Gasteiger partial charge is 0.491 e. The first-order chi connectivity index (χ1) is 19.6. The fraction of sp³-hybridized carbons (Fsp3) is 0.241. The summed E-state index contributed by atoms with van der Waals surface area (Å²) in [7, 11) is 0. The number of rotatable bonds is 8. The molecule has 0 atom stereocenters. The van der Waals surface area contributed by atoms with Gasteiger partial charge in [-0.3, -0.25) is 19.8 Å². The topological polar surface area (TPSA) is 126 Å². The number of ether oxygens (including phenoxy) is 1. The van der Waals surface area contributed by atoms with Gasteiger partial charge in [0, 0.05) is 34.9 Å². The number of ketones is 1. The van der Waals surface area contributed by atoms with Crippen LogP contribution in [0.2, 0.25) is 0 Å². The average Bonchev–Trinajstić information content (AvgIpc) is 3.78. The minimum atomic E-state index is 0.0449. The minimum absolute atomic E-state index is 0.0449. The van der Waals surface area contributed by atoms with E-state index in [-0.39, 0.29) is 5.78 Å². The van der Waals surface area contributed by atoms with E-state index in [0.717, 1.165) is 52.6 Å². The van der Waals surface area contributed by atoms with Crippen molar-refractivity contribution in [2.24, 2.45) is 0 Å². The van der Waals surface area contributed by atoms with Gasteiger partial charge in [0.15, 0.2) is 22.9 Å². The number of aromatic nitrogens is 7. The van der Waals surface area contributed by atoms with Gasteiger partial charge < -0.3 is 9.72 Å². The molecule has 6 aromatic heterocycles. The predicted molar refractivity (Wildman–Crippen MR) is 154 cm³/mol. The summed E-state index contributed by atoms with van der Waals surface area (Å²) >= 11 is 1.45. The molecule has 1 fully saturated rings. The molecule has 2 N–H and O–H groups in total. The third kappa shape index (κ3) is 4.63. The highest BCUT2D eigenvalue weighted by Gasteiger charge is 2.19. The molecule has 10 nitrogen and oxygen atoms in total. The number of nitrogens with zero attached hydrogens (tertiary/aromatic N) is 6. The molecular formula is C29H26N8O2S. The minimum Gasteiger partial charge on any atom is -0.491 e. The van der Waals surface area contributed by atoms with Crippen LogP contribution < -0.4 is 4.74 Å². The predicted octanol–water partition coefficient (Wildman–Crippen LogP) is 5.36. The number of Topliss-reactive ketones (excluding diaryl/α,β-unsaturated/α-hetero) is 1. The summed E-state index contributed by atoms with van der Waals surface area (Å²) in [5.74, 6) is 1.33. The van der Waals surface area contributed by atoms with Crippen LogP contribution in [-0.2, 0) is 0 Å². The SMILES string of the molecule is CC(=O)c1ccc(-c2ccnc3[nH]c(-c4n[nH]c5ccc(-c6cncc(OCCN7CCCC7)c6)nc45)nc23)s1. The summed E-state index contributed by atoms with van der Waals surface area (Å²) in [6.45, 7) is 5.42. The fourth-order valence-corrected chi connectivity index (χ4v) is 5.98. The molecule has 0 saturated carbocycles. The van der Waals surface area contributed by atoms with Crippen LogP contribution in [0.4, 0.5) is 0 Å². The number of carbonyl (C=O) groups is 1. The second-order valence-electron chi connectivity index (χ2n) is 9.83. The Labute approximate surface area is 233 Å². The van der Waals surface area contributed by atoms with Crippen molar-refractivity contribution in [3.8, 4) is 39.0 Å². The Morgan fingerprint density at radius 3 is 2.83 bits per heavy atom. The number of aromatic amines is 2. The molecule has 6 aromatic rings. The van der Waals surface area contributed by atoms with Crippen LogP contribution in [0.25, 0.3) is 55.4 Å². The summed E-state index contributed by atoms with van der Waals surface area (Å²) in [5, 5.41) is 7.59. The van der Waals surface area contributed by atoms with E-state index in [4.69, 9.17) is 14.7 Å². The van der Waals surface area contributed by atoms with Gasteiger partial charge in [-0.25, -0.2) is 15.0 Å². The third-order valence-corrected chi connectivity index (χ3v) is 8.34. The number of imidazole rings is 1. The average molecular weight is 551 g/mol. The van der Waals surface area contributed by atoms with E-state index < -0.39 is 0 Å². The van der Waals surface area contributed by atoms with Gasteiger partial charge in [0.2, 0.25) is 0 Å². The summed E-state index contributed by atoms with van der Waals surface area (Å²) in [5.41, 5.74) is 5.97. The maximum absolute atomic E-state index is 11.8. The maximum Gasteiger partial charge on any atom is 0.169 e. The molecule has 200 valence electrons. The highest BCUT2D eigenvalue weighted by atomic mass is 32.1. The number of thiophene rings is 1. The zero-order valence-electron chi connectivity index (χ0n) is 21.8. The number of hydrogen-bond acceptors (Lipinski definition) is 9. The molecule has 7 heterocycles. The monoisotopic (exact) mass is 550 g/mol. The van der Waals surface area contributed by atoms with Crippen LogP contribution in [-0.4, -0.2) is 72.0 Å². The van der Waals surface area contributed by atoms with Gasteiger partial charge in [0.1, 0.15) is 23.4 Å². The van der Waals surface area contributed by atoms with Crippen LogP contribution in [0.15, 0.2) is 55.0 Å². The fourth-order valence-electron chi connectivity index (χ4n) is 5.05. The first-order valence-electron chi connectivity index (χ1n) is 13.2. The van der Waals surface area contributed by atoms with Crippen molar-refractivity contribution in [2.75, 3.05) is 26.2 Å². The lowest BCUT2D eigenvalue weighted by Crippen LogP contribution is -2.25. The Morgan fingerprint density at radius 2 is 1.98 bits per heavy atom. The number of likely N-dealkylation sites (tertiary alicyclic amines) is 1. The van der Waals surface area contributed by atoms with Gasteiger partial charge in [-0.05, 0) is 69.3 Å². The van der Waals surface area contributed by atoms with Crippen molar-refractivity contribution in [3.05, 3.63) is 59.9 Å². The van der Waals surface area contributed by atoms with Crippen molar-refractivity contribution in [1.29, 1.82) is 0 Å². The van der Waals surface area contributed by atoms with Gasteiger partial charge in [0.25, 0.3) is 0 Å². The van der Waals surface area contributed by atoms with E-state index in [1.807, 2.05) is 36.4 Å². The lowest BCUT2D eigenvalue weighted by atomic mass is 10.1. The van der Waals surface area contributed by atoms with Crippen LogP contribution in [0, 0.1) is 0 Å². The number of hydrogen-bond donors (Lipinski definition) is 2. The molecule has 0 unspecified atom stereocenters. The van der Waals surface area contributed by atoms with Crippen LogP contribution in [0.5, 0.6) is 5.75 Å². The Bertz CT molecular complexity index is 1850. The molecule has 1 aliphatic heterocycles. The van der Waals surface area contributed by atoms with Gasteiger partial charge in [-0.1, -0.05) is 0 Å². The van der Waals surface area contributed by atoms with E-state index in [1.54, 1.807) is 25.5 Å². The number of H-pyrrole nitrogens is 2. The lowest BCUT2D eigenvalue weighted by molar-refractivity contribution is 0.102. The van der Waals surface area contributed by atoms with E-state index in [2.05, 4.69) is 30.0 Å². The van der Waals surface area contributed by atoms with Crippen LogP contribution in [0.1, 0.15) is 29.4 Å². The number of pyridine rings is 3. The summed E-state index contributed by atoms with van der Waals surface area (Å²) in [6.07, 6.45) is 7.79. The quantitative estimate of drug-likeness (QED) is 0.243. The summed E-state index contributed by atoms with van der Waals surface area (Å²) in [6, 6.07) is 11.6. The van der Waals surface area contributed by atoms with Crippen molar-refractivity contribution in [2.45, 2.75) is 19.8 Å². The molecule has 0 spiro atoms. The van der Waals surface area contributed by atoms with E-state index >= 15 is 0 Å². The summed E-state index contributed by atoms with van der Waals surface area (Å²) in [4.78, 5) is 37.9. The number of nitrogens with one attached hydrogen (secondary N) is 2. The van der Waals surface area contributed by atoms with E-state index in [9.17, 15) is 4.79 Å². The molecule has 40 heavy (non-hydrogen) atoms. The molecule has 0 bridgehead atoms. The molecule has 1 aliphatic rings. The third-order valence-electron chi connectivity index (χ3n) is 7.12. The maximum atomic E-state index is 11.8. The highest BCUT2D eigenvalue weighted by Crippen LogP contribution is 2.34. The van der Waals surface area contributed by atoms with Gasteiger partial charge in [-0.15, -0.1) is 11.3 Å². The van der Waals surface area contributed by atoms with E-state index in [0.29, 0.717) is 39.7 Å². The smallest absolute Gasteiger partial charge is 0.169 e. The van der Waals surface area contributed by atoms with Gasteiger partial charge in [-0.2, -0.15) is 5.10 Å². The zero-order chi connectivity index (χ0) is 27.1. The summed E-state index contributed by atoms with van der Waals surface area (Å²) < 4.78 is 6.00. The number of carbonyl (C=O) groups excluding carboxylic acids is 1. The second-order valence-corrected chi connectivity index (χ2v) is 10.9. The Balaban J connectivity index is 1.20. The molecular weight excluding hydrogens is 524 g/mol. The second kappa shape index (κ2) is 10.2. The number of fused-ring (bicyclic) bond motifs is 2. The van der Waals surface area contributed by atoms with Crippen molar-refractivity contribution in [3.63, 3.8) is 0 Å². The lowest BCUT2D eigenvalue weighted by Gasteiger charge is -2.15. The van der Waals surface area contributed by atoms with Gasteiger partial charge >= 0.3 is 0 Å². The molecule has 0 aliphatic carbocycles. The molecule has 0 amide bonds. The normalized spacial score (nSPS) is 13.9. The zero-order valence-corrected chi connectivity index (χ0v) is 22.7. The van der Waals surface area contributed by atoms with Crippen molar-refractivity contribution < 1.29 is 9.53 Å². The molecule has 1 saturated heterocycles. The van der Waals surface area contributed by atoms with Gasteiger partial charge in [0.05, 0.1) is 22.3 Å². The molecule has 0 radical (unpaired) electrons. The first kappa shape index (κ1) is 24.6. The first-order valence-corrected chi connectivity index (χ1v) is 14.1. The van der Waals surface area contributed by atoms with Crippen molar-refractivity contribution in [1.82, 2.24) is 40.0 Å². The van der Waals surface area contributed by atoms with Crippen molar-refractivity contribution >= 4 is 39.3 Å². The molecule has 11 heteroatoms. The Kier molecular flexibility index (Phi) is 6.29. The standard InChI is InChI=1S/C29H26N8O2S/c1-17(38)23-6-7-24(40-23)20-8-9-31-28-25(20)33-29(34-28)27-26-22(35-36-27)5-4-21(32-26)18-14-19(16-30-15-18)39-13-12-37-10-2-3-11-37/h4-9,14-16H,2-3,10-13H2,1H3,(H,35,36)(H,31,33,34). The molecule has 0 aromatic carbocycles. The molecule has 7 rings (SSSR count). The van der Waals surface area contributed by atoms with E-state index in [1.165, 1.54) is 24.2 Å². The highest BCUT2D eigenvalue weighted by molar-refractivity contribution is 7.17. The van der Waals surface area contributed by atoms with Crippen LogP contribution in [0.3, 0.4) is 0 Å². The Morgan fingerprint density at radius 1 is 1.07 bits per heavy atom. The Hall–Kier alpha value is -4.48.